The van der Waals surface area contributed by atoms with Crippen LogP contribution in [0.5, 0.6) is 5.75 Å². The molecule has 0 aliphatic rings. The van der Waals surface area contributed by atoms with E-state index in [1.807, 2.05) is 17.5 Å². The molecule has 1 aromatic carbocycles. The normalized spacial score (nSPS) is 10.1. The van der Waals surface area contributed by atoms with Crippen LogP contribution in [0.15, 0.2) is 35.7 Å². The van der Waals surface area contributed by atoms with Gasteiger partial charge in [-0.1, -0.05) is 17.7 Å². The predicted molar refractivity (Wildman–Crippen MR) is 81.6 cm³/mol. The van der Waals surface area contributed by atoms with E-state index in [1.165, 1.54) is 17.4 Å². The fourth-order valence-electron chi connectivity index (χ4n) is 1.52. The number of thiophene rings is 1. The Morgan fingerprint density at radius 3 is 2.82 bits per heavy atom. The van der Waals surface area contributed by atoms with Crippen molar-refractivity contribution >= 4 is 34.9 Å². The van der Waals surface area contributed by atoms with Crippen LogP contribution in [-0.4, -0.2) is 18.5 Å². The van der Waals surface area contributed by atoms with Crippen LogP contribution >= 0.6 is 22.9 Å². The van der Waals surface area contributed by atoms with Crippen molar-refractivity contribution in [3.8, 4) is 5.75 Å². The third-order valence-corrected chi connectivity index (χ3v) is 3.68. The number of rotatable bonds is 5. The number of hydrogen-bond acceptors (Lipinski definition) is 4. The zero-order valence-corrected chi connectivity index (χ0v) is 12.8. The quantitative estimate of drug-likeness (QED) is 0.878. The molecule has 116 valence electrons. The Hall–Kier alpha value is -2.12. The van der Waals surface area contributed by atoms with Crippen LogP contribution in [0.25, 0.3) is 0 Å². The fraction of sp³-hybridized carbons (Fsp3) is 0.143. The number of ether oxygens (including phenoxy) is 1. The number of hydrogen-bond donors (Lipinski definition) is 2. The summed E-state index contributed by atoms with van der Waals surface area (Å²) in [5.74, 6) is -0.976. The minimum atomic E-state index is -0.635. The molecule has 22 heavy (non-hydrogen) atoms. The number of amides is 3. The van der Waals surface area contributed by atoms with Crippen molar-refractivity contribution in [3.63, 3.8) is 0 Å². The molecular formula is C14H12ClFN2O3S. The second-order valence-electron chi connectivity index (χ2n) is 4.17. The maximum atomic E-state index is 12.8. The van der Waals surface area contributed by atoms with Crippen molar-refractivity contribution in [2.75, 3.05) is 6.61 Å². The lowest BCUT2D eigenvalue weighted by Gasteiger charge is -2.08. The van der Waals surface area contributed by atoms with Gasteiger partial charge in [0.1, 0.15) is 11.6 Å². The summed E-state index contributed by atoms with van der Waals surface area (Å²) in [5.41, 5.74) is 0. The number of carbonyl (C=O) groups is 2. The molecule has 1 heterocycles. The highest BCUT2D eigenvalue weighted by atomic mass is 35.5. The molecule has 0 unspecified atom stereocenters. The summed E-state index contributed by atoms with van der Waals surface area (Å²) in [6, 6.07) is 6.65. The van der Waals surface area contributed by atoms with Gasteiger partial charge < -0.3 is 10.1 Å². The van der Waals surface area contributed by atoms with Gasteiger partial charge in [0.05, 0.1) is 11.6 Å². The van der Waals surface area contributed by atoms with Crippen molar-refractivity contribution < 1.29 is 18.7 Å². The maximum Gasteiger partial charge on any atom is 0.321 e. The van der Waals surface area contributed by atoms with E-state index in [-0.39, 0.29) is 10.8 Å². The molecule has 0 fully saturated rings. The lowest BCUT2D eigenvalue weighted by atomic mass is 10.3. The van der Waals surface area contributed by atoms with Gasteiger partial charge in [0.15, 0.2) is 6.61 Å². The summed E-state index contributed by atoms with van der Waals surface area (Å²) in [6.07, 6.45) is 0. The third-order valence-electron chi connectivity index (χ3n) is 2.51. The highest BCUT2D eigenvalue weighted by Crippen LogP contribution is 2.24. The van der Waals surface area contributed by atoms with Crippen LogP contribution in [0.1, 0.15) is 4.88 Å². The van der Waals surface area contributed by atoms with Gasteiger partial charge in [-0.25, -0.2) is 9.18 Å². The molecule has 2 N–H and O–H groups in total. The second kappa shape index (κ2) is 7.77. The average Bonchev–Trinajstić information content (AvgIpc) is 2.97. The van der Waals surface area contributed by atoms with Gasteiger partial charge >= 0.3 is 6.03 Å². The standard InChI is InChI=1S/C14H12ClFN2O3S/c15-11-6-9(16)3-4-12(11)21-8-13(19)18-14(20)17-7-10-2-1-5-22-10/h1-6H,7-8H2,(H2,17,18,19,20). The van der Waals surface area contributed by atoms with Crippen LogP contribution < -0.4 is 15.4 Å². The molecule has 0 bridgehead atoms. The molecular weight excluding hydrogens is 331 g/mol. The summed E-state index contributed by atoms with van der Waals surface area (Å²) < 4.78 is 18.0. The summed E-state index contributed by atoms with van der Waals surface area (Å²) in [6.45, 7) is -0.0702. The number of halogens is 2. The zero-order valence-electron chi connectivity index (χ0n) is 11.3. The van der Waals surface area contributed by atoms with Crippen LogP contribution in [0.2, 0.25) is 5.02 Å². The van der Waals surface area contributed by atoms with Crippen LogP contribution in [0.3, 0.4) is 0 Å². The Balaban J connectivity index is 1.74. The third kappa shape index (κ3) is 5.01. The number of imide groups is 1. The number of benzene rings is 1. The Kier molecular flexibility index (Phi) is 5.74. The zero-order chi connectivity index (χ0) is 15.9. The number of carbonyl (C=O) groups excluding carboxylic acids is 2. The highest BCUT2D eigenvalue weighted by molar-refractivity contribution is 7.09. The van der Waals surface area contributed by atoms with Crippen molar-refractivity contribution in [1.29, 1.82) is 0 Å². The van der Waals surface area contributed by atoms with Gasteiger partial charge in [0, 0.05) is 4.88 Å². The highest BCUT2D eigenvalue weighted by Gasteiger charge is 2.10. The Labute approximate surface area is 135 Å². The lowest BCUT2D eigenvalue weighted by molar-refractivity contribution is -0.122. The molecule has 0 aliphatic heterocycles. The van der Waals surface area contributed by atoms with E-state index in [4.69, 9.17) is 16.3 Å². The van der Waals surface area contributed by atoms with E-state index in [0.717, 1.165) is 17.0 Å². The molecule has 0 saturated heterocycles. The molecule has 3 amide bonds. The topological polar surface area (TPSA) is 67.4 Å². The van der Waals surface area contributed by atoms with E-state index in [1.54, 1.807) is 0 Å². The first-order valence-corrected chi connectivity index (χ1v) is 7.48. The monoisotopic (exact) mass is 342 g/mol. The Morgan fingerprint density at radius 2 is 2.14 bits per heavy atom. The van der Waals surface area contributed by atoms with E-state index < -0.39 is 24.4 Å². The molecule has 0 atom stereocenters. The Morgan fingerprint density at radius 1 is 1.32 bits per heavy atom. The van der Waals surface area contributed by atoms with Crippen molar-refractivity contribution in [2.24, 2.45) is 0 Å². The Bertz CT molecular complexity index is 664. The lowest BCUT2D eigenvalue weighted by Crippen LogP contribution is -2.41. The van der Waals surface area contributed by atoms with E-state index in [2.05, 4.69) is 10.6 Å². The van der Waals surface area contributed by atoms with Gasteiger partial charge in [-0.3, -0.25) is 10.1 Å². The first-order valence-electron chi connectivity index (χ1n) is 6.22. The minimum Gasteiger partial charge on any atom is -0.482 e. The minimum absolute atomic E-state index is 0.0509. The van der Waals surface area contributed by atoms with Gasteiger partial charge in [-0.15, -0.1) is 11.3 Å². The first-order chi connectivity index (χ1) is 10.5. The van der Waals surface area contributed by atoms with Crippen molar-refractivity contribution in [2.45, 2.75) is 6.54 Å². The molecule has 2 aromatic rings. The van der Waals surface area contributed by atoms with E-state index in [0.29, 0.717) is 6.54 Å². The second-order valence-corrected chi connectivity index (χ2v) is 5.61. The van der Waals surface area contributed by atoms with Crippen LogP contribution in [0, 0.1) is 5.82 Å². The summed E-state index contributed by atoms with van der Waals surface area (Å²) in [7, 11) is 0. The van der Waals surface area contributed by atoms with Crippen LogP contribution in [-0.2, 0) is 11.3 Å². The maximum absolute atomic E-state index is 12.8. The number of urea groups is 1. The summed E-state index contributed by atoms with van der Waals surface area (Å²) in [5, 5.41) is 6.60. The largest absolute Gasteiger partial charge is 0.482 e. The molecule has 1 aromatic heterocycles. The van der Waals surface area contributed by atoms with Gasteiger partial charge in [0.2, 0.25) is 0 Å². The van der Waals surface area contributed by atoms with Crippen LogP contribution in [0.4, 0.5) is 9.18 Å². The molecule has 0 radical (unpaired) electrons. The molecule has 8 heteroatoms. The summed E-state index contributed by atoms with van der Waals surface area (Å²) >= 11 is 7.25. The van der Waals surface area contributed by atoms with Crippen molar-refractivity contribution in [3.05, 3.63) is 51.4 Å². The SMILES string of the molecule is O=C(COc1ccc(F)cc1Cl)NC(=O)NCc1cccs1. The predicted octanol–water partition coefficient (Wildman–Crippen LogP) is 2.95. The molecule has 0 spiro atoms. The number of nitrogens with one attached hydrogen (secondary N) is 2. The molecule has 2 rings (SSSR count). The molecule has 5 nitrogen and oxygen atoms in total. The van der Waals surface area contributed by atoms with Gasteiger partial charge in [-0.2, -0.15) is 0 Å². The average molecular weight is 343 g/mol. The van der Waals surface area contributed by atoms with Gasteiger partial charge in [-0.05, 0) is 29.6 Å². The molecule has 0 aliphatic carbocycles. The summed E-state index contributed by atoms with van der Waals surface area (Å²) in [4.78, 5) is 24.0. The smallest absolute Gasteiger partial charge is 0.321 e. The fourth-order valence-corrected chi connectivity index (χ4v) is 2.39. The molecule has 0 saturated carbocycles. The van der Waals surface area contributed by atoms with E-state index >= 15 is 0 Å². The van der Waals surface area contributed by atoms with Crippen molar-refractivity contribution in [1.82, 2.24) is 10.6 Å². The first kappa shape index (κ1) is 16.3. The van der Waals surface area contributed by atoms with Gasteiger partial charge in [0.25, 0.3) is 5.91 Å². The van der Waals surface area contributed by atoms with E-state index in [9.17, 15) is 14.0 Å².